The van der Waals surface area contributed by atoms with Crippen molar-refractivity contribution in [3.8, 4) is 28.5 Å². The molecule has 0 atom stereocenters. The summed E-state index contributed by atoms with van der Waals surface area (Å²) in [6.45, 7) is 3.61. The predicted molar refractivity (Wildman–Crippen MR) is 104 cm³/mol. The number of carbonyl (C=O) groups excluding carboxylic acids is 1. The van der Waals surface area contributed by atoms with Crippen LogP contribution in [0.2, 0.25) is 0 Å². The maximum atomic E-state index is 12.4. The second kappa shape index (κ2) is 7.67. The second-order valence-electron chi connectivity index (χ2n) is 5.81. The van der Waals surface area contributed by atoms with Gasteiger partial charge in [0.05, 0.1) is 12.3 Å². The van der Waals surface area contributed by atoms with Crippen LogP contribution in [0.15, 0.2) is 47.8 Å². The number of anilines is 1. The van der Waals surface area contributed by atoms with Gasteiger partial charge in [0.15, 0.2) is 16.6 Å². The Morgan fingerprint density at radius 1 is 1.15 bits per heavy atom. The number of carbonyl (C=O) groups is 1. The van der Waals surface area contributed by atoms with E-state index >= 15 is 0 Å². The number of hydrogen-bond donors (Lipinski definition) is 1. The number of nitrogens with one attached hydrogen (secondary N) is 1. The summed E-state index contributed by atoms with van der Waals surface area (Å²) in [6, 6.07) is 12.7. The lowest BCUT2D eigenvalue weighted by Crippen LogP contribution is -2.15. The van der Waals surface area contributed by atoms with Crippen LogP contribution < -0.4 is 19.5 Å². The largest absolute Gasteiger partial charge is 0.494 e. The molecule has 2 heterocycles. The van der Waals surface area contributed by atoms with E-state index in [0.29, 0.717) is 36.3 Å². The number of thiazole rings is 1. The Kier molecular flexibility index (Phi) is 4.93. The van der Waals surface area contributed by atoms with Crippen LogP contribution in [0, 0.1) is 0 Å². The number of rotatable bonds is 5. The van der Waals surface area contributed by atoms with Gasteiger partial charge in [0.2, 0.25) is 0 Å². The van der Waals surface area contributed by atoms with Gasteiger partial charge in [0, 0.05) is 16.5 Å². The molecule has 1 aromatic heterocycles. The summed E-state index contributed by atoms with van der Waals surface area (Å²) in [4.78, 5) is 16.9. The lowest BCUT2D eigenvalue weighted by atomic mass is 10.1. The number of aromatic nitrogens is 1. The normalized spacial score (nSPS) is 12.5. The Morgan fingerprint density at radius 3 is 2.70 bits per heavy atom. The molecule has 0 saturated carbocycles. The number of benzene rings is 2. The topological polar surface area (TPSA) is 69.7 Å². The predicted octanol–water partition coefficient (Wildman–Crippen LogP) is 4.23. The third kappa shape index (κ3) is 3.88. The molecular formula is C20H18N2O4S. The van der Waals surface area contributed by atoms with E-state index in [0.717, 1.165) is 22.8 Å². The minimum Gasteiger partial charge on any atom is -0.494 e. The minimum atomic E-state index is -0.207. The molecule has 1 aliphatic heterocycles. The standard InChI is InChI=1S/C20H18N2O4S/c1-2-24-15-6-3-13(4-7-15)19(23)22-20-21-16(12-27-20)14-5-8-17-18(11-14)26-10-9-25-17/h3-8,11-12H,2,9-10H2,1H3,(H,21,22,23). The number of amides is 1. The fraction of sp³-hybridized carbons (Fsp3) is 0.200. The highest BCUT2D eigenvalue weighted by atomic mass is 32.1. The smallest absolute Gasteiger partial charge is 0.257 e. The zero-order valence-electron chi connectivity index (χ0n) is 14.7. The van der Waals surface area contributed by atoms with E-state index in [2.05, 4.69) is 10.3 Å². The summed E-state index contributed by atoms with van der Waals surface area (Å²) in [5, 5.41) is 5.28. The molecule has 2 aromatic carbocycles. The molecule has 0 aliphatic carbocycles. The van der Waals surface area contributed by atoms with Gasteiger partial charge >= 0.3 is 0 Å². The number of fused-ring (bicyclic) bond motifs is 1. The fourth-order valence-electron chi connectivity index (χ4n) is 2.70. The van der Waals surface area contributed by atoms with Crippen molar-refractivity contribution in [2.75, 3.05) is 25.1 Å². The molecule has 1 N–H and O–H groups in total. The molecule has 6 nitrogen and oxygen atoms in total. The van der Waals surface area contributed by atoms with Gasteiger partial charge in [-0.25, -0.2) is 4.98 Å². The van der Waals surface area contributed by atoms with E-state index in [-0.39, 0.29) is 5.91 Å². The van der Waals surface area contributed by atoms with Crippen molar-refractivity contribution in [3.05, 3.63) is 53.4 Å². The second-order valence-corrected chi connectivity index (χ2v) is 6.67. The van der Waals surface area contributed by atoms with Crippen molar-refractivity contribution in [2.24, 2.45) is 0 Å². The van der Waals surface area contributed by atoms with E-state index in [1.165, 1.54) is 11.3 Å². The molecule has 4 rings (SSSR count). The van der Waals surface area contributed by atoms with E-state index in [1.807, 2.05) is 30.5 Å². The number of hydrogen-bond acceptors (Lipinski definition) is 6. The maximum Gasteiger partial charge on any atom is 0.257 e. The average Bonchev–Trinajstić information content (AvgIpc) is 3.17. The number of nitrogens with zero attached hydrogens (tertiary/aromatic N) is 1. The molecule has 0 bridgehead atoms. The third-order valence-corrected chi connectivity index (χ3v) is 4.75. The van der Waals surface area contributed by atoms with E-state index in [1.54, 1.807) is 24.3 Å². The van der Waals surface area contributed by atoms with E-state index in [9.17, 15) is 4.79 Å². The lowest BCUT2D eigenvalue weighted by molar-refractivity contribution is 0.102. The van der Waals surface area contributed by atoms with Crippen molar-refractivity contribution < 1.29 is 19.0 Å². The summed E-state index contributed by atoms with van der Waals surface area (Å²) in [6.07, 6.45) is 0. The van der Waals surface area contributed by atoms with Gasteiger partial charge in [-0.1, -0.05) is 0 Å². The van der Waals surface area contributed by atoms with E-state index < -0.39 is 0 Å². The van der Waals surface area contributed by atoms with Crippen LogP contribution >= 0.6 is 11.3 Å². The number of ether oxygens (including phenoxy) is 3. The Balaban J connectivity index is 1.47. The van der Waals surface area contributed by atoms with Crippen LogP contribution in [0.25, 0.3) is 11.3 Å². The van der Waals surface area contributed by atoms with Crippen molar-refractivity contribution in [2.45, 2.75) is 6.92 Å². The summed E-state index contributed by atoms with van der Waals surface area (Å²) < 4.78 is 16.5. The Bertz CT molecular complexity index is 953. The molecule has 0 radical (unpaired) electrons. The Labute approximate surface area is 160 Å². The zero-order valence-corrected chi connectivity index (χ0v) is 15.5. The van der Waals surface area contributed by atoms with Gasteiger partial charge in [0.1, 0.15) is 19.0 Å². The Hall–Kier alpha value is -3.06. The third-order valence-electron chi connectivity index (χ3n) is 3.99. The molecule has 0 spiro atoms. The fourth-order valence-corrected chi connectivity index (χ4v) is 3.42. The highest BCUT2D eigenvalue weighted by molar-refractivity contribution is 7.14. The van der Waals surface area contributed by atoms with Crippen molar-refractivity contribution >= 4 is 22.4 Å². The Morgan fingerprint density at radius 2 is 1.93 bits per heavy atom. The van der Waals surface area contributed by atoms with Gasteiger partial charge in [-0.3, -0.25) is 10.1 Å². The quantitative estimate of drug-likeness (QED) is 0.715. The summed E-state index contributed by atoms with van der Waals surface area (Å²) in [5.41, 5.74) is 2.24. The first-order valence-electron chi connectivity index (χ1n) is 8.62. The van der Waals surface area contributed by atoms with Crippen LogP contribution in [-0.2, 0) is 0 Å². The van der Waals surface area contributed by atoms with Crippen LogP contribution in [-0.4, -0.2) is 30.7 Å². The molecule has 3 aromatic rings. The molecule has 1 aliphatic rings. The van der Waals surface area contributed by atoms with Crippen molar-refractivity contribution in [3.63, 3.8) is 0 Å². The minimum absolute atomic E-state index is 0.207. The van der Waals surface area contributed by atoms with Gasteiger partial charge in [0.25, 0.3) is 5.91 Å². The SMILES string of the molecule is CCOc1ccc(C(=O)Nc2nc(-c3ccc4c(c3)OCCO4)cs2)cc1. The first-order chi connectivity index (χ1) is 13.2. The summed E-state index contributed by atoms with van der Waals surface area (Å²) >= 11 is 1.38. The maximum absolute atomic E-state index is 12.4. The van der Waals surface area contributed by atoms with Crippen LogP contribution in [0.4, 0.5) is 5.13 Å². The lowest BCUT2D eigenvalue weighted by Gasteiger charge is -2.18. The molecular weight excluding hydrogens is 364 g/mol. The molecule has 27 heavy (non-hydrogen) atoms. The first kappa shape index (κ1) is 17.4. The van der Waals surface area contributed by atoms with Gasteiger partial charge < -0.3 is 14.2 Å². The molecule has 0 fully saturated rings. The molecule has 7 heteroatoms. The summed E-state index contributed by atoms with van der Waals surface area (Å²) in [7, 11) is 0. The highest BCUT2D eigenvalue weighted by Crippen LogP contribution is 2.35. The van der Waals surface area contributed by atoms with Crippen molar-refractivity contribution in [1.82, 2.24) is 4.98 Å². The molecule has 0 unspecified atom stereocenters. The molecule has 1 amide bonds. The average molecular weight is 382 g/mol. The van der Waals surface area contributed by atoms with Crippen LogP contribution in [0.5, 0.6) is 17.2 Å². The van der Waals surface area contributed by atoms with Crippen LogP contribution in [0.3, 0.4) is 0 Å². The monoisotopic (exact) mass is 382 g/mol. The first-order valence-corrected chi connectivity index (χ1v) is 9.50. The van der Waals surface area contributed by atoms with Gasteiger partial charge in [-0.05, 0) is 49.4 Å². The zero-order chi connectivity index (χ0) is 18.6. The molecule has 138 valence electrons. The highest BCUT2D eigenvalue weighted by Gasteiger charge is 2.15. The van der Waals surface area contributed by atoms with Crippen molar-refractivity contribution in [1.29, 1.82) is 0 Å². The molecule has 0 saturated heterocycles. The van der Waals surface area contributed by atoms with Gasteiger partial charge in [-0.2, -0.15) is 0 Å². The summed E-state index contributed by atoms with van der Waals surface area (Å²) in [5.74, 6) is 1.99. The van der Waals surface area contributed by atoms with Gasteiger partial charge in [-0.15, -0.1) is 11.3 Å². The van der Waals surface area contributed by atoms with E-state index in [4.69, 9.17) is 14.2 Å². The van der Waals surface area contributed by atoms with Crippen LogP contribution in [0.1, 0.15) is 17.3 Å².